The summed E-state index contributed by atoms with van der Waals surface area (Å²) < 4.78 is 6.74. The number of nitro groups is 1. The third kappa shape index (κ3) is 3.05. The Morgan fingerprint density at radius 1 is 1.45 bits per heavy atom. The van der Waals surface area contributed by atoms with Crippen molar-refractivity contribution in [2.45, 2.75) is 6.42 Å². The molecule has 7 heteroatoms. The molecule has 0 atom stereocenters. The number of nitrogens with zero attached hydrogens (tertiary/aromatic N) is 3. The fourth-order valence-corrected chi connectivity index (χ4v) is 1.94. The van der Waals surface area contributed by atoms with Crippen molar-refractivity contribution in [2.24, 2.45) is 7.05 Å². The van der Waals surface area contributed by atoms with Crippen LogP contribution in [0, 0.1) is 10.1 Å². The normalized spacial score (nSPS) is 10.3. The Morgan fingerprint density at radius 2 is 2.25 bits per heavy atom. The molecule has 2 rings (SSSR count). The Kier molecular flexibility index (Phi) is 4.19. The van der Waals surface area contributed by atoms with Crippen LogP contribution in [0.4, 0.5) is 11.4 Å². The van der Waals surface area contributed by atoms with Crippen LogP contribution in [0.5, 0.6) is 5.75 Å². The van der Waals surface area contributed by atoms with Gasteiger partial charge in [0.15, 0.2) is 5.75 Å². The van der Waals surface area contributed by atoms with E-state index in [2.05, 4.69) is 10.4 Å². The fourth-order valence-electron chi connectivity index (χ4n) is 1.94. The van der Waals surface area contributed by atoms with E-state index in [4.69, 9.17) is 4.74 Å². The van der Waals surface area contributed by atoms with Crippen molar-refractivity contribution in [3.05, 3.63) is 46.3 Å². The van der Waals surface area contributed by atoms with Crippen molar-refractivity contribution < 1.29 is 9.66 Å². The molecular weight excluding hydrogens is 260 g/mol. The second-order valence-corrected chi connectivity index (χ2v) is 4.27. The zero-order valence-electron chi connectivity index (χ0n) is 11.4. The maximum Gasteiger partial charge on any atom is 0.333 e. The van der Waals surface area contributed by atoms with Crippen LogP contribution in [-0.2, 0) is 13.5 Å². The predicted octanol–water partition coefficient (Wildman–Crippen LogP) is 1.99. The highest BCUT2D eigenvalue weighted by Gasteiger charge is 2.19. The first kappa shape index (κ1) is 13.9. The summed E-state index contributed by atoms with van der Waals surface area (Å²) in [5.41, 5.74) is 1.34. The quantitative estimate of drug-likeness (QED) is 0.644. The van der Waals surface area contributed by atoms with Gasteiger partial charge in [0, 0.05) is 26.2 Å². The van der Waals surface area contributed by atoms with Crippen LogP contribution in [0.2, 0.25) is 0 Å². The van der Waals surface area contributed by atoms with E-state index in [0.717, 1.165) is 5.69 Å². The third-order valence-corrected chi connectivity index (χ3v) is 2.87. The van der Waals surface area contributed by atoms with Crippen molar-refractivity contribution in [2.75, 3.05) is 19.0 Å². The van der Waals surface area contributed by atoms with Gasteiger partial charge in [-0.05, 0) is 18.2 Å². The molecule has 1 N–H and O–H groups in total. The molecule has 2 aromatic rings. The van der Waals surface area contributed by atoms with Crippen LogP contribution in [0.15, 0.2) is 30.5 Å². The smallest absolute Gasteiger partial charge is 0.333 e. The predicted molar refractivity (Wildman–Crippen MR) is 75.1 cm³/mol. The number of hydrogen-bond donors (Lipinski definition) is 1. The van der Waals surface area contributed by atoms with Crippen molar-refractivity contribution in [1.82, 2.24) is 9.78 Å². The van der Waals surface area contributed by atoms with Gasteiger partial charge in [-0.15, -0.1) is 0 Å². The lowest BCUT2D eigenvalue weighted by Gasteiger charge is -2.08. The maximum absolute atomic E-state index is 11.1. The molecule has 106 valence electrons. The summed E-state index contributed by atoms with van der Waals surface area (Å²) in [6, 6.07) is 6.87. The number of anilines is 1. The first-order valence-electron chi connectivity index (χ1n) is 6.15. The molecular formula is C13H16N4O3. The number of benzene rings is 1. The van der Waals surface area contributed by atoms with Crippen LogP contribution in [0.1, 0.15) is 5.69 Å². The summed E-state index contributed by atoms with van der Waals surface area (Å²) in [4.78, 5) is 10.7. The van der Waals surface area contributed by atoms with Crippen molar-refractivity contribution in [3.8, 4) is 5.75 Å². The molecule has 0 unspecified atom stereocenters. The topological polar surface area (TPSA) is 82.2 Å². The minimum absolute atomic E-state index is 0.0454. The summed E-state index contributed by atoms with van der Waals surface area (Å²) in [6.07, 6.45) is 2.55. The minimum Gasteiger partial charge on any atom is -0.490 e. The molecule has 0 fully saturated rings. The van der Waals surface area contributed by atoms with Crippen LogP contribution in [0.25, 0.3) is 0 Å². The SMILES string of the molecule is COc1cccc(NCCc2ccn(C)n2)c1[N+](=O)[O-]. The van der Waals surface area contributed by atoms with Gasteiger partial charge in [0.2, 0.25) is 0 Å². The molecule has 0 bridgehead atoms. The number of hydrogen-bond acceptors (Lipinski definition) is 5. The van der Waals surface area contributed by atoms with Crippen LogP contribution in [-0.4, -0.2) is 28.4 Å². The molecule has 0 aliphatic carbocycles. The second-order valence-electron chi connectivity index (χ2n) is 4.27. The summed E-state index contributed by atoms with van der Waals surface area (Å²) in [7, 11) is 3.27. The maximum atomic E-state index is 11.1. The van der Waals surface area contributed by atoms with E-state index in [9.17, 15) is 10.1 Å². The molecule has 1 heterocycles. The Labute approximate surface area is 116 Å². The molecule has 7 nitrogen and oxygen atoms in total. The van der Waals surface area contributed by atoms with Crippen LogP contribution >= 0.6 is 0 Å². The number of methoxy groups -OCH3 is 1. The van der Waals surface area contributed by atoms with Gasteiger partial charge in [-0.25, -0.2) is 0 Å². The van der Waals surface area contributed by atoms with Gasteiger partial charge in [0.25, 0.3) is 0 Å². The highest BCUT2D eigenvalue weighted by Crippen LogP contribution is 2.34. The number of para-hydroxylation sites is 1. The van der Waals surface area contributed by atoms with E-state index in [0.29, 0.717) is 18.7 Å². The van der Waals surface area contributed by atoms with Crippen molar-refractivity contribution in [3.63, 3.8) is 0 Å². The van der Waals surface area contributed by atoms with Gasteiger partial charge in [0.1, 0.15) is 5.69 Å². The fraction of sp³-hybridized carbons (Fsp3) is 0.308. The number of nitrogens with one attached hydrogen (secondary N) is 1. The van der Waals surface area contributed by atoms with Gasteiger partial charge in [-0.1, -0.05) is 6.07 Å². The number of aromatic nitrogens is 2. The molecule has 0 spiro atoms. The monoisotopic (exact) mass is 276 g/mol. The zero-order chi connectivity index (χ0) is 14.5. The lowest BCUT2D eigenvalue weighted by Crippen LogP contribution is -2.08. The van der Waals surface area contributed by atoms with Crippen LogP contribution < -0.4 is 10.1 Å². The zero-order valence-corrected chi connectivity index (χ0v) is 11.4. The van der Waals surface area contributed by atoms with Gasteiger partial charge in [0.05, 0.1) is 17.7 Å². The lowest BCUT2D eigenvalue weighted by atomic mass is 10.2. The van der Waals surface area contributed by atoms with E-state index < -0.39 is 4.92 Å². The van der Waals surface area contributed by atoms with Gasteiger partial charge in [-0.2, -0.15) is 5.10 Å². The molecule has 0 saturated carbocycles. The summed E-state index contributed by atoms with van der Waals surface area (Å²) in [5, 5.41) is 18.4. The molecule has 0 radical (unpaired) electrons. The Morgan fingerprint density at radius 3 is 2.85 bits per heavy atom. The van der Waals surface area contributed by atoms with Crippen molar-refractivity contribution in [1.29, 1.82) is 0 Å². The largest absolute Gasteiger partial charge is 0.490 e. The highest BCUT2D eigenvalue weighted by molar-refractivity contribution is 5.68. The average Bonchev–Trinajstić information content (AvgIpc) is 2.83. The van der Waals surface area contributed by atoms with Gasteiger partial charge < -0.3 is 10.1 Å². The second kappa shape index (κ2) is 6.05. The van der Waals surface area contributed by atoms with Crippen molar-refractivity contribution >= 4 is 11.4 Å². The molecule has 20 heavy (non-hydrogen) atoms. The highest BCUT2D eigenvalue weighted by atomic mass is 16.6. The van der Waals surface area contributed by atoms with E-state index in [1.54, 1.807) is 22.9 Å². The van der Waals surface area contributed by atoms with E-state index in [1.165, 1.54) is 7.11 Å². The van der Waals surface area contributed by atoms with E-state index in [-0.39, 0.29) is 11.4 Å². The Balaban J connectivity index is 2.07. The standard InChI is InChI=1S/C13H16N4O3/c1-16-9-7-10(15-16)6-8-14-11-4-3-5-12(20-2)13(11)17(18)19/h3-5,7,9,14H,6,8H2,1-2H3. The third-order valence-electron chi connectivity index (χ3n) is 2.87. The summed E-state index contributed by atoms with van der Waals surface area (Å²) >= 11 is 0. The molecule has 1 aromatic carbocycles. The summed E-state index contributed by atoms with van der Waals surface area (Å²) in [6.45, 7) is 0.561. The molecule has 0 aliphatic heterocycles. The first-order chi connectivity index (χ1) is 9.61. The Bertz CT molecular complexity index is 609. The van der Waals surface area contributed by atoms with E-state index >= 15 is 0 Å². The number of nitro benzene ring substituents is 1. The number of ether oxygens (including phenoxy) is 1. The molecule has 1 aromatic heterocycles. The lowest BCUT2D eigenvalue weighted by molar-refractivity contribution is -0.384. The van der Waals surface area contributed by atoms with E-state index in [1.807, 2.05) is 19.3 Å². The minimum atomic E-state index is -0.443. The first-order valence-corrected chi connectivity index (χ1v) is 6.15. The van der Waals surface area contributed by atoms with Gasteiger partial charge >= 0.3 is 5.69 Å². The molecule has 0 amide bonds. The number of rotatable bonds is 6. The molecule has 0 aliphatic rings. The van der Waals surface area contributed by atoms with Crippen LogP contribution in [0.3, 0.4) is 0 Å². The number of aryl methyl sites for hydroxylation is 1. The molecule has 0 saturated heterocycles. The average molecular weight is 276 g/mol. The Hall–Kier alpha value is -2.57. The van der Waals surface area contributed by atoms with Gasteiger partial charge in [-0.3, -0.25) is 14.8 Å². The summed E-state index contributed by atoms with van der Waals surface area (Å²) in [5.74, 6) is 0.248.